The Morgan fingerprint density at radius 1 is 1.45 bits per heavy atom. The van der Waals surface area contributed by atoms with Crippen molar-refractivity contribution in [3.8, 4) is 0 Å². The smallest absolute Gasteiger partial charge is 0.238 e. The number of carbonyl (C=O) groups is 1. The van der Waals surface area contributed by atoms with Crippen molar-refractivity contribution < 1.29 is 9.53 Å². The Morgan fingerprint density at radius 2 is 2.15 bits per heavy atom. The van der Waals surface area contributed by atoms with E-state index in [0.717, 1.165) is 0 Å². The Hall–Kier alpha value is -1.01. The van der Waals surface area contributed by atoms with Gasteiger partial charge in [0.2, 0.25) is 5.91 Å². The third kappa shape index (κ3) is 5.54. The van der Waals surface area contributed by atoms with Gasteiger partial charge in [-0.25, -0.2) is 0 Å². The van der Waals surface area contributed by atoms with Gasteiger partial charge in [0, 0.05) is 18.2 Å². The first-order valence-corrected chi connectivity index (χ1v) is 7.00. The van der Waals surface area contributed by atoms with E-state index >= 15 is 0 Å². The van der Waals surface area contributed by atoms with Gasteiger partial charge < -0.3 is 15.8 Å². The average molecular weight is 320 g/mol. The molecule has 20 heavy (non-hydrogen) atoms. The predicted octanol–water partition coefficient (Wildman–Crippen LogP) is 2.48. The van der Waals surface area contributed by atoms with Crippen molar-refractivity contribution in [2.24, 2.45) is 0 Å². The third-order valence-electron chi connectivity index (χ3n) is 2.58. The van der Waals surface area contributed by atoms with Gasteiger partial charge in [-0.05, 0) is 26.1 Å². The molecule has 0 unspecified atom stereocenters. The first-order chi connectivity index (χ1) is 9.43. The number of anilines is 2. The maximum atomic E-state index is 11.9. The van der Waals surface area contributed by atoms with E-state index in [1.54, 1.807) is 6.07 Å². The summed E-state index contributed by atoms with van der Waals surface area (Å²) in [7, 11) is 1.84. The van der Waals surface area contributed by atoms with E-state index in [1.807, 2.05) is 18.9 Å². The SMILES string of the molecule is CCOCCN(C)CC(=O)Nc1c(N)cc(Cl)cc1Cl. The number of nitrogens with zero attached hydrogens (tertiary/aromatic N) is 1. The van der Waals surface area contributed by atoms with Crippen LogP contribution in [0.25, 0.3) is 0 Å². The van der Waals surface area contributed by atoms with Crippen molar-refractivity contribution >= 4 is 40.5 Å². The van der Waals surface area contributed by atoms with Crippen molar-refractivity contribution in [2.45, 2.75) is 6.92 Å². The van der Waals surface area contributed by atoms with Gasteiger partial charge in [-0.3, -0.25) is 9.69 Å². The van der Waals surface area contributed by atoms with Crippen LogP contribution in [0.5, 0.6) is 0 Å². The normalized spacial score (nSPS) is 10.8. The molecule has 0 radical (unpaired) electrons. The number of hydrogen-bond donors (Lipinski definition) is 2. The number of nitrogen functional groups attached to an aromatic ring is 1. The maximum absolute atomic E-state index is 11.9. The quantitative estimate of drug-likeness (QED) is 0.598. The molecule has 7 heteroatoms. The van der Waals surface area contributed by atoms with Crippen LogP contribution in [-0.4, -0.2) is 44.2 Å². The van der Waals surface area contributed by atoms with Crippen LogP contribution in [0.2, 0.25) is 10.0 Å². The molecule has 5 nitrogen and oxygen atoms in total. The van der Waals surface area contributed by atoms with Gasteiger partial charge in [0.1, 0.15) is 0 Å². The van der Waals surface area contributed by atoms with Gasteiger partial charge in [-0.1, -0.05) is 23.2 Å². The molecular formula is C13H19Cl2N3O2. The fourth-order valence-electron chi connectivity index (χ4n) is 1.59. The van der Waals surface area contributed by atoms with E-state index in [9.17, 15) is 4.79 Å². The van der Waals surface area contributed by atoms with Gasteiger partial charge in [0.15, 0.2) is 0 Å². The molecule has 1 aromatic rings. The third-order valence-corrected chi connectivity index (χ3v) is 3.10. The summed E-state index contributed by atoms with van der Waals surface area (Å²) in [5, 5.41) is 3.44. The number of likely N-dealkylation sites (N-methyl/N-ethyl adjacent to an activating group) is 1. The predicted molar refractivity (Wildman–Crippen MR) is 83.5 cm³/mol. The molecule has 0 aliphatic rings. The molecule has 1 rings (SSSR count). The number of nitrogens with two attached hydrogens (primary N) is 1. The van der Waals surface area contributed by atoms with Crippen molar-refractivity contribution in [1.29, 1.82) is 0 Å². The fraction of sp³-hybridized carbons (Fsp3) is 0.462. The van der Waals surface area contributed by atoms with E-state index in [2.05, 4.69) is 5.32 Å². The molecule has 3 N–H and O–H groups in total. The summed E-state index contributed by atoms with van der Waals surface area (Å²) in [6, 6.07) is 3.08. The van der Waals surface area contributed by atoms with Crippen LogP contribution in [0.4, 0.5) is 11.4 Å². The molecule has 1 aromatic carbocycles. The molecule has 0 atom stereocenters. The molecule has 0 saturated carbocycles. The van der Waals surface area contributed by atoms with Crippen molar-refractivity contribution in [1.82, 2.24) is 4.90 Å². The van der Waals surface area contributed by atoms with E-state index in [4.69, 9.17) is 33.7 Å². The van der Waals surface area contributed by atoms with Crippen LogP contribution in [-0.2, 0) is 9.53 Å². The number of halogens is 2. The highest BCUT2D eigenvalue weighted by atomic mass is 35.5. The molecule has 0 aliphatic heterocycles. The first-order valence-electron chi connectivity index (χ1n) is 6.24. The Morgan fingerprint density at radius 3 is 2.75 bits per heavy atom. The van der Waals surface area contributed by atoms with E-state index in [1.165, 1.54) is 6.07 Å². The monoisotopic (exact) mass is 319 g/mol. The van der Waals surface area contributed by atoms with Crippen LogP contribution in [0.15, 0.2) is 12.1 Å². The lowest BCUT2D eigenvalue weighted by Crippen LogP contribution is -2.32. The van der Waals surface area contributed by atoms with Gasteiger partial charge in [-0.2, -0.15) is 0 Å². The minimum absolute atomic E-state index is 0.195. The number of rotatable bonds is 7. The number of carbonyl (C=O) groups excluding carboxylic acids is 1. The highest BCUT2D eigenvalue weighted by molar-refractivity contribution is 6.37. The van der Waals surface area contributed by atoms with Crippen molar-refractivity contribution in [2.75, 3.05) is 44.4 Å². The average Bonchev–Trinajstić information content (AvgIpc) is 2.34. The Labute approximate surface area is 129 Å². The number of benzene rings is 1. The lowest BCUT2D eigenvalue weighted by molar-refractivity contribution is -0.117. The minimum atomic E-state index is -0.195. The number of amides is 1. The summed E-state index contributed by atoms with van der Waals surface area (Å²) in [6.07, 6.45) is 0. The number of hydrogen-bond acceptors (Lipinski definition) is 4. The second kappa shape index (κ2) is 8.32. The molecule has 1 amide bonds. The fourth-order valence-corrected chi connectivity index (χ4v) is 2.15. The van der Waals surface area contributed by atoms with Crippen LogP contribution in [0.1, 0.15) is 6.92 Å². The Bertz CT molecular complexity index is 446. The second-order valence-electron chi connectivity index (χ2n) is 4.33. The topological polar surface area (TPSA) is 67.6 Å². The molecule has 0 bridgehead atoms. The van der Waals surface area contributed by atoms with Crippen LogP contribution >= 0.6 is 23.2 Å². The second-order valence-corrected chi connectivity index (χ2v) is 5.18. The van der Waals surface area contributed by atoms with Gasteiger partial charge >= 0.3 is 0 Å². The van der Waals surface area contributed by atoms with Gasteiger partial charge in [-0.15, -0.1) is 0 Å². The molecule has 0 heterocycles. The molecular weight excluding hydrogens is 301 g/mol. The zero-order valence-electron chi connectivity index (χ0n) is 11.6. The standard InChI is InChI=1S/C13H19Cl2N3O2/c1-3-20-5-4-18(2)8-12(19)17-13-10(15)6-9(14)7-11(13)16/h6-7H,3-5,8,16H2,1-2H3,(H,17,19). The summed E-state index contributed by atoms with van der Waals surface area (Å²) >= 11 is 11.8. The Kier molecular flexibility index (Phi) is 7.09. The van der Waals surface area contributed by atoms with E-state index in [-0.39, 0.29) is 12.5 Å². The lowest BCUT2D eigenvalue weighted by Gasteiger charge is -2.17. The zero-order chi connectivity index (χ0) is 15.1. The summed E-state index contributed by atoms with van der Waals surface area (Å²) < 4.78 is 5.23. The summed E-state index contributed by atoms with van der Waals surface area (Å²) in [4.78, 5) is 13.8. The maximum Gasteiger partial charge on any atom is 0.238 e. The number of nitrogens with one attached hydrogen (secondary N) is 1. The van der Waals surface area contributed by atoms with Crippen molar-refractivity contribution in [3.63, 3.8) is 0 Å². The van der Waals surface area contributed by atoms with Crippen LogP contribution in [0.3, 0.4) is 0 Å². The van der Waals surface area contributed by atoms with E-state index < -0.39 is 0 Å². The lowest BCUT2D eigenvalue weighted by atomic mass is 10.2. The largest absolute Gasteiger partial charge is 0.397 e. The number of ether oxygens (including phenoxy) is 1. The molecule has 0 fully saturated rings. The summed E-state index contributed by atoms with van der Waals surface area (Å²) in [5.41, 5.74) is 6.51. The zero-order valence-corrected chi connectivity index (χ0v) is 13.1. The molecule has 0 saturated heterocycles. The molecule has 0 spiro atoms. The minimum Gasteiger partial charge on any atom is -0.397 e. The summed E-state index contributed by atoms with van der Waals surface area (Å²) in [5.74, 6) is -0.195. The highest BCUT2D eigenvalue weighted by Crippen LogP contribution is 2.31. The summed E-state index contributed by atoms with van der Waals surface area (Å²) in [6.45, 7) is 4.08. The van der Waals surface area contributed by atoms with E-state index in [0.29, 0.717) is 41.2 Å². The van der Waals surface area contributed by atoms with Gasteiger partial charge in [0.05, 0.1) is 29.5 Å². The van der Waals surface area contributed by atoms with Crippen molar-refractivity contribution in [3.05, 3.63) is 22.2 Å². The van der Waals surface area contributed by atoms with Crippen LogP contribution < -0.4 is 11.1 Å². The first kappa shape index (κ1) is 17.0. The highest BCUT2D eigenvalue weighted by Gasteiger charge is 2.12. The molecule has 0 aromatic heterocycles. The van der Waals surface area contributed by atoms with Crippen LogP contribution in [0, 0.1) is 0 Å². The van der Waals surface area contributed by atoms with Gasteiger partial charge in [0.25, 0.3) is 0 Å². The molecule has 0 aliphatic carbocycles. The molecule has 112 valence electrons. The Balaban J connectivity index is 2.54.